The molecule has 8 heteroatoms. The first-order valence-corrected chi connectivity index (χ1v) is 11.5. The number of aromatic nitrogens is 1. The topological polar surface area (TPSA) is 64.1 Å². The summed E-state index contributed by atoms with van der Waals surface area (Å²) < 4.78 is 18.6. The van der Waals surface area contributed by atoms with Crippen LogP contribution in [0.3, 0.4) is 0 Å². The second kappa shape index (κ2) is 9.34. The molecule has 1 aromatic heterocycles. The largest absolute Gasteiger partial charge is 0.494 e. The van der Waals surface area contributed by atoms with Gasteiger partial charge in [0.15, 0.2) is 16.6 Å². The highest BCUT2D eigenvalue weighted by atomic mass is 32.1. The molecular formula is C24H29N3O4S. The minimum absolute atomic E-state index is 0.151. The number of carbonyl (C=O) groups excluding carboxylic acids is 1. The number of methoxy groups -OCH3 is 1. The van der Waals surface area contributed by atoms with Gasteiger partial charge in [0.1, 0.15) is 17.4 Å². The van der Waals surface area contributed by atoms with Crippen molar-refractivity contribution in [2.45, 2.75) is 32.5 Å². The van der Waals surface area contributed by atoms with E-state index in [0.717, 1.165) is 28.7 Å². The summed E-state index contributed by atoms with van der Waals surface area (Å²) in [5.74, 6) is 1.79. The van der Waals surface area contributed by atoms with Gasteiger partial charge >= 0.3 is 0 Å². The van der Waals surface area contributed by atoms with Gasteiger partial charge < -0.3 is 19.1 Å². The lowest BCUT2D eigenvalue weighted by Gasteiger charge is -2.33. The van der Waals surface area contributed by atoms with Crippen LogP contribution in [0.15, 0.2) is 36.4 Å². The zero-order valence-corrected chi connectivity index (χ0v) is 19.9. The van der Waals surface area contributed by atoms with Crippen LogP contribution in [0.5, 0.6) is 17.2 Å². The minimum Gasteiger partial charge on any atom is -0.494 e. The highest BCUT2D eigenvalue weighted by Gasteiger charge is 2.38. The van der Waals surface area contributed by atoms with Crippen molar-refractivity contribution in [3.63, 3.8) is 0 Å². The average molecular weight is 456 g/mol. The Hall–Kier alpha value is -2.84. The first-order valence-electron chi connectivity index (χ1n) is 10.7. The van der Waals surface area contributed by atoms with Crippen molar-refractivity contribution in [2.24, 2.45) is 0 Å². The Bertz CT molecular complexity index is 1110. The van der Waals surface area contributed by atoms with Crippen molar-refractivity contribution in [1.29, 1.82) is 0 Å². The lowest BCUT2D eigenvalue weighted by molar-refractivity contribution is -0.130. The molecule has 4 rings (SSSR count). The molecular weight excluding hydrogens is 426 g/mol. The van der Waals surface area contributed by atoms with Gasteiger partial charge in [-0.25, -0.2) is 4.98 Å². The summed E-state index contributed by atoms with van der Waals surface area (Å²) in [6.07, 6.45) is -0.359. The highest BCUT2D eigenvalue weighted by molar-refractivity contribution is 7.22. The Morgan fingerprint density at radius 3 is 2.53 bits per heavy atom. The van der Waals surface area contributed by atoms with Crippen LogP contribution in [0.25, 0.3) is 10.2 Å². The predicted octanol–water partition coefficient (Wildman–Crippen LogP) is 4.13. The van der Waals surface area contributed by atoms with Crippen molar-refractivity contribution >= 4 is 32.6 Å². The fourth-order valence-electron chi connectivity index (χ4n) is 3.77. The number of anilines is 1. The van der Waals surface area contributed by atoms with Crippen LogP contribution in [0, 0.1) is 6.92 Å². The van der Waals surface area contributed by atoms with Crippen LogP contribution in [0.4, 0.5) is 5.13 Å². The number of hydrogen-bond acceptors (Lipinski definition) is 7. The predicted molar refractivity (Wildman–Crippen MR) is 127 cm³/mol. The maximum absolute atomic E-state index is 13.8. The molecule has 0 spiro atoms. The number of rotatable bonds is 7. The average Bonchev–Trinajstić information content (AvgIpc) is 3.22. The van der Waals surface area contributed by atoms with Crippen LogP contribution in [0.1, 0.15) is 18.9 Å². The summed E-state index contributed by atoms with van der Waals surface area (Å²) in [5, 5.41) is 0.644. The summed E-state index contributed by atoms with van der Waals surface area (Å²) in [6, 6.07) is 11.4. The third kappa shape index (κ3) is 4.38. The van der Waals surface area contributed by atoms with Gasteiger partial charge in [0.05, 0.1) is 11.8 Å². The normalized spacial score (nSPS) is 17.6. The maximum atomic E-state index is 13.8. The van der Waals surface area contributed by atoms with E-state index >= 15 is 0 Å². The van der Waals surface area contributed by atoms with Gasteiger partial charge in [-0.1, -0.05) is 29.5 Å². The van der Waals surface area contributed by atoms with E-state index in [9.17, 15) is 4.79 Å². The third-order valence-corrected chi connectivity index (χ3v) is 6.70. The summed E-state index contributed by atoms with van der Waals surface area (Å²) in [4.78, 5) is 22.4. The lowest BCUT2D eigenvalue weighted by Crippen LogP contribution is -2.51. The lowest BCUT2D eigenvalue weighted by atomic mass is 10.1. The monoisotopic (exact) mass is 455 g/mol. The highest BCUT2D eigenvalue weighted by Crippen LogP contribution is 2.38. The van der Waals surface area contributed by atoms with Crippen molar-refractivity contribution < 1.29 is 19.0 Å². The van der Waals surface area contributed by atoms with Crippen LogP contribution in [0.2, 0.25) is 0 Å². The number of nitrogens with zero attached hydrogens (tertiary/aromatic N) is 3. The molecule has 0 saturated heterocycles. The molecule has 0 radical (unpaired) electrons. The SMILES string of the molecule is COc1ccc(C)c2sc(N(CCCN(C)C)C(=O)C3Oc4ccccc4OC3C)nc12. The van der Waals surface area contributed by atoms with Crippen molar-refractivity contribution in [3.05, 3.63) is 42.0 Å². The fourth-order valence-corrected chi connectivity index (χ4v) is 4.85. The Kier molecular flexibility index (Phi) is 6.53. The van der Waals surface area contributed by atoms with Gasteiger partial charge in [0, 0.05) is 6.54 Å². The number of fused-ring (bicyclic) bond motifs is 2. The van der Waals surface area contributed by atoms with E-state index in [4.69, 9.17) is 19.2 Å². The Morgan fingerprint density at radius 2 is 1.84 bits per heavy atom. The molecule has 170 valence electrons. The summed E-state index contributed by atoms with van der Waals surface area (Å²) >= 11 is 1.50. The molecule has 2 unspecified atom stereocenters. The van der Waals surface area contributed by atoms with Gasteiger partial charge in [0.2, 0.25) is 6.10 Å². The van der Waals surface area contributed by atoms with Gasteiger partial charge in [-0.2, -0.15) is 0 Å². The third-order valence-electron chi connectivity index (χ3n) is 5.48. The molecule has 0 bridgehead atoms. The standard InChI is InChI=1S/C24H29N3O4S/c1-15-11-12-19(29-5)20-22(15)32-24(25-20)27(14-8-13-26(3)4)23(28)21-16(2)30-17-9-6-7-10-18(17)31-21/h6-7,9-12,16,21H,8,13-14H2,1-5H3. The zero-order chi connectivity index (χ0) is 22.8. The number of hydrogen-bond donors (Lipinski definition) is 0. The maximum Gasteiger partial charge on any atom is 0.273 e. The number of carbonyl (C=O) groups is 1. The van der Waals surface area contributed by atoms with Crippen molar-refractivity contribution in [1.82, 2.24) is 9.88 Å². The number of benzene rings is 2. The molecule has 0 fully saturated rings. The molecule has 0 aliphatic carbocycles. The molecule has 2 aromatic carbocycles. The van der Waals surface area contributed by atoms with Crippen LogP contribution in [-0.2, 0) is 4.79 Å². The molecule has 7 nitrogen and oxygen atoms in total. The molecule has 0 saturated carbocycles. The quantitative estimate of drug-likeness (QED) is 0.534. The molecule has 2 atom stereocenters. The number of para-hydroxylation sites is 2. The van der Waals surface area contributed by atoms with E-state index in [1.807, 2.05) is 64.3 Å². The van der Waals surface area contributed by atoms with E-state index in [0.29, 0.717) is 28.9 Å². The van der Waals surface area contributed by atoms with Crippen LogP contribution < -0.4 is 19.1 Å². The first-order chi connectivity index (χ1) is 15.4. The van der Waals surface area contributed by atoms with Gasteiger partial charge in [-0.05, 0) is 64.7 Å². The summed E-state index contributed by atoms with van der Waals surface area (Å²) in [5.41, 5.74) is 1.88. The van der Waals surface area contributed by atoms with Gasteiger partial charge in [-0.15, -0.1) is 0 Å². The molecule has 0 N–H and O–H groups in total. The zero-order valence-electron chi connectivity index (χ0n) is 19.1. The van der Waals surface area contributed by atoms with E-state index in [-0.39, 0.29) is 5.91 Å². The molecule has 1 aliphatic rings. The minimum atomic E-state index is -0.751. The molecule has 1 amide bonds. The number of aryl methyl sites for hydroxylation is 1. The Labute approximate surface area is 192 Å². The fraction of sp³-hybridized carbons (Fsp3) is 0.417. The van der Waals surface area contributed by atoms with Crippen LogP contribution in [-0.4, -0.2) is 62.3 Å². The molecule has 2 heterocycles. The number of amides is 1. The Morgan fingerprint density at radius 1 is 1.12 bits per heavy atom. The molecule has 32 heavy (non-hydrogen) atoms. The van der Waals surface area contributed by atoms with E-state index in [1.54, 1.807) is 12.0 Å². The smallest absolute Gasteiger partial charge is 0.273 e. The summed E-state index contributed by atoms with van der Waals surface area (Å²) in [6.45, 7) is 5.30. The molecule has 3 aromatic rings. The first kappa shape index (κ1) is 22.4. The van der Waals surface area contributed by atoms with Gasteiger partial charge in [-0.3, -0.25) is 9.69 Å². The Balaban J connectivity index is 1.68. The van der Waals surface area contributed by atoms with E-state index in [2.05, 4.69) is 4.90 Å². The second-order valence-electron chi connectivity index (χ2n) is 8.21. The summed E-state index contributed by atoms with van der Waals surface area (Å²) in [7, 11) is 5.68. The van der Waals surface area contributed by atoms with Crippen molar-refractivity contribution in [2.75, 3.05) is 39.2 Å². The van der Waals surface area contributed by atoms with E-state index < -0.39 is 12.2 Å². The van der Waals surface area contributed by atoms with E-state index in [1.165, 1.54) is 11.3 Å². The molecule has 1 aliphatic heterocycles. The number of thiazole rings is 1. The van der Waals surface area contributed by atoms with Crippen molar-refractivity contribution in [3.8, 4) is 17.2 Å². The second-order valence-corrected chi connectivity index (χ2v) is 9.19. The number of ether oxygens (including phenoxy) is 3. The van der Waals surface area contributed by atoms with Crippen LogP contribution >= 0.6 is 11.3 Å². The van der Waals surface area contributed by atoms with Gasteiger partial charge in [0.25, 0.3) is 5.91 Å².